The van der Waals surface area contributed by atoms with Gasteiger partial charge in [0.15, 0.2) is 0 Å². The van der Waals surface area contributed by atoms with Crippen LogP contribution >= 0.6 is 0 Å². The molecular weight excluding hydrogens is 238 g/mol. The van der Waals surface area contributed by atoms with Crippen LogP contribution in [0.1, 0.15) is 0 Å². The molecule has 16 heavy (non-hydrogen) atoms. The van der Waals surface area contributed by atoms with Crippen molar-refractivity contribution in [2.45, 2.75) is 0 Å². The van der Waals surface area contributed by atoms with Crippen molar-refractivity contribution in [1.29, 1.82) is 0 Å². The normalized spacial score (nSPS) is 11.7. The number of amides is 1. The molecule has 0 aromatic carbocycles. The third-order valence-corrected chi connectivity index (χ3v) is 3.11. The van der Waals surface area contributed by atoms with Crippen LogP contribution in [0, 0.1) is 0 Å². The predicted octanol–water partition coefficient (Wildman–Crippen LogP) is -1.33. The van der Waals surface area contributed by atoms with E-state index in [0.29, 0.717) is 13.2 Å². The summed E-state index contributed by atoms with van der Waals surface area (Å²) in [5.74, 6) is 0. The van der Waals surface area contributed by atoms with Gasteiger partial charge >= 0.3 is 16.3 Å². The molecule has 96 valence electrons. The smallest absolute Gasteiger partial charge is 0.419 e. The van der Waals surface area contributed by atoms with Gasteiger partial charge in [-0.1, -0.05) is 0 Å². The molecule has 0 aliphatic carbocycles. The highest BCUT2D eigenvalue weighted by atomic mass is 32.2. The van der Waals surface area contributed by atoms with Gasteiger partial charge in [-0.2, -0.15) is 12.7 Å². The molecule has 0 spiro atoms. The summed E-state index contributed by atoms with van der Waals surface area (Å²) < 4.78 is 29.8. The van der Waals surface area contributed by atoms with Gasteiger partial charge in [-0.25, -0.2) is 9.52 Å². The second-order valence-corrected chi connectivity index (χ2v) is 4.73. The quantitative estimate of drug-likeness (QED) is 0.464. The first-order chi connectivity index (χ1) is 7.40. The summed E-state index contributed by atoms with van der Waals surface area (Å²) in [4.78, 5) is 10.2. The highest BCUT2D eigenvalue weighted by molar-refractivity contribution is 7.87. The van der Waals surface area contributed by atoms with Crippen molar-refractivity contribution in [2.75, 3.05) is 40.4 Å². The zero-order valence-corrected chi connectivity index (χ0v) is 10.1. The van der Waals surface area contributed by atoms with E-state index in [4.69, 9.17) is 9.84 Å². The summed E-state index contributed by atoms with van der Waals surface area (Å²) in [5, 5.41) is 11.1. The van der Waals surface area contributed by atoms with E-state index in [2.05, 4.69) is 5.32 Å². The largest absolute Gasteiger partial charge is 0.464 e. The summed E-state index contributed by atoms with van der Waals surface area (Å²) in [6.07, 6.45) is -1.61. The number of hydrogen-bond acceptors (Lipinski definition) is 5. The van der Waals surface area contributed by atoms with Crippen LogP contribution in [-0.4, -0.2) is 64.3 Å². The van der Waals surface area contributed by atoms with Crippen LogP contribution in [0.2, 0.25) is 0 Å². The number of nitrogens with zero attached hydrogens (tertiary/aromatic N) is 1. The minimum Gasteiger partial charge on any atom is -0.464 e. The molecule has 0 aromatic heterocycles. The molecule has 0 saturated heterocycles. The lowest BCUT2D eigenvalue weighted by molar-refractivity contribution is 0.129. The lowest BCUT2D eigenvalue weighted by Gasteiger charge is -2.16. The Labute approximate surface area is 94.8 Å². The molecule has 0 fully saturated rings. The Morgan fingerprint density at radius 3 is 2.56 bits per heavy atom. The monoisotopic (exact) mass is 255 g/mol. The van der Waals surface area contributed by atoms with Gasteiger partial charge in [0.25, 0.3) is 0 Å². The molecule has 0 aromatic rings. The molecule has 3 N–H and O–H groups in total. The second-order valence-electron chi connectivity index (χ2n) is 2.95. The Kier molecular flexibility index (Phi) is 6.97. The molecule has 0 heterocycles. The maximum atomic E-state index is 11.2. The van der Waals surface area contributed by atoms with Crippen molar-refractivity contribution in [3.05, 3.63) is 0 Å². The van der Waals surface area contributed by atoms with Crippen LogP contribution in [0.4, 0.5) is 4.79 Å². The van der Waals surface area contributed by atoms with Crippen LogP contribution in [-0.2, 0) is 14.9 Å². The number of rotatable bonds is 8. The molecule has 0 unspecified atom stereocenters. The van der Waals surface area contributed by atoms with Crippen LogP contribution in [0.5, 0.6) is 0 Å². The maximum Gasteiger partial charge on any atom is 0.419 e. The Bertz CT molecular complexity index is 305. The summed E-state index contributed by atoms with van der Waals surface area (Å²) in [5.41, 5.74) is 0. The third-order valence-electron chi connectivity index (χ3n) is 1.67. The third kappa shape index (κ3) is 6.56. The number of likely N-dealkylation sites (N-methyl/N-ethyl adjacent to an activating group) is 2. The molecule has 0 radical (unpaired) electrons. The molecule has 0 aliphatic heterocycles. The fourth-order valence-corrected chi connectivity index (χ4v) is 1.47. The van der Waals surface area contributed by atoms with Crippen molar-refractivity contribution in [3.63, 3.8) is 0 Å². The minimum atomic E-state index is -3.96. The Balaban J connectivity index is 3.87. The number of carboxylic acid groups (broad SMARTS) is 1. The zero-order chi connectivity index (χ0) is 12.6. The number of ether oxygens (including phenoxy) is 1. The lowest BCUT2D eigenvalue weighted by Crippen LogP contribution is -2.42. The standard InChI is InChI=1S/C7H17N3O5S/c1-8-3-5-15-6-4-10(2)16(13,14)9-7(11)12/h8-9H,3-6H2,1-2H3,(H,11,12). The van der Waals surface area contributed by atoms with Gasteiger partial charge in [0.2, 0.25) is 0 Å². The molecular formula is C7H17N3O5S. The van der Waals surface area contributed by atoms with Crippen molar-refractivity contribution in [3.8, 4) is 0 Å². The molecule has 0 rings (SSSR count). The van der Waals surface area contributed by atoms with E-state index in [9.17, 15) is 13.2 Å². The Hall–Kier alpha value is -0.900. The van der Waals surface area contributed by atoms with E-state index < -0.39 is 16.3 Å². The first kappa shape index (κ1) is 15.1. The van der Waals surface area contributed by atoms with Crippen LogP contribution in [0.15, 0.2) is 0 Å². The van der Waals surface area contributed by atoms with E-state index in [1.54, 1.807) is 7.05 Å². The van der Waals surface area contributed by atoms with Gasteiger partial charge in [-0.05, 0) is 7.05 Å². The molecule has 0 saturated carbocycles. The first-order valence-corrected chi connectivity index (χ1v) is 6.03. The topological polar surface area (TPSA) is 108 Å². The van der Waals surface area contributed by atoms with E-state index >= 15 is 0 Å². The van der Waals surface area contributed by atoms with Gasteiger partial charge in [0.1, 0.15) is 0 Å². The first-order valence-electron chi connectivity index (χ1n) is 4.59. The van der Waals surface area contributed by atoms with Crippen molar-refractivity contribution in [2.24, 2.45) is 0 Å². The number of carbonyl (C=O) groups is 1. The van der Waals surface area contributed by atoms with E-state index in [0.717, 1.165) is 4.31 Å². The maximum absolute atomic E-state index is 11.2. The van der Waals surface area contributed by atoms with Gasteiger partial charge in [0, 0.05) is 20.1 Å². The molecule has 1 amide bonds. The highest BCUT2D eigenvalue weighted by Gasteiger charge is 2.19. The molecule has 0 aliphatic rings. The number of hydrogen-bond donors (Lipinski definition) is 3. The van der Waals surface area contributed by atoms with Crippen LogP contribution < -0.4 is 10.0 Å². The fraction of sp³-hybridized carbons (Fsp3) is 0.857. The molecule has 0 atom stereocenters. The summed E-state index contributed by atoms with van der Waals surface area (Å²) in [6.45, 7) is 1.44. The van der Waals surface area contributed by atoms with E-state index in [1.807, 2.05) is 0 Å². The minimum absolute atomic E-state index is 0.0896. The van der Waals surface area contributed by atoms with Gasteiger partial charge < -0.3 is 15.2 Å². The SMILES string of the molecule is CNCCOCCN(C)S(=O)(=O)NC(=O)O. The molecule has 9 heteroatoms. The lowest BCUT2D eigenvalue weighted by atomic mass is 10.6. The Morgan fingerprint density at radius 2 is 2.06 bits per heavy atom. The fourth-order valence-electron chi connectivity index (χ4n) is 0.778. The van der Waals surface area contributed by atoms with Crippen molar-refractivity contribution in [1.82, 2.24) is 14.3 Å². The van der Waals surface area contributed by atoms with E-state index in [-0.39, 0.29) is 13.2 Å². The average Bonchev–Trinajstić information content (AvgIpc) is 2.15. The Morgan fingerprint density at radius 1 is 1.44 bits per heavy atom. The van der Waals surface area contributed by atoms with Gasteiger partial charge in [-0.3, -0.25) is 0 Å². The summed E-state index contributed by atoms with van der Waals surface area (Å²) >= 11 is 0. The molecule has 8 nitrogen and oxygen atoms in total. The van der Waals surface area contributed by atoms with E-state index in [1.165, 1.54) is 11.8 Å². The van der Waals surface area contributed by atoms with Crippen molar-refractivity contribution >= 4 is 16.3 Å². The van der Waals surface area contributed by atoms with Crippen LogP contribution in [0.25, 0.3) is 0 Å². The van der Waals surface area contributed by atoms with Crippen molar-refractivity contribution < 1.29 is 23.1 Å². The second kappa shape index (κ2) is 7.39. The zero-order valence-electron chi connectivity index (χ0n) is 9.26. The summed E-state index contributed by atoms with van der Waals surface area (Å²) in [6, 6.07) is 0. The van der Waals surface area contributed by atoms with Gasteiger partial charge in [-0.15, -0.1) is 0 Å². The predicted molar refractivity (Wildman–Crippen MR) is 57.5 cm³/mol. The highest BCUT2D eigenvalue weighted by Crippen LogP contribution is 1.93. The average molecular weight is 255 g/mol. The summed E-state index contributed by atoms with van der Waals surface area (Å²) in [7, 11) is -0.919. The molecule has 0 bridgehead atoms. The van der Waals surface area contributed by atoms with Gasteiger partial charge in [0.05, 0.1) is 13.2 Å². The number of nitrogens with one attached hydrogen (secondary N) is 2. The van der Waals surface area contributed by atoms with Crippen LogP contribution in [0.3, 0.4) is 0 Å².